The molecule has 96 valence electrons. The van der Waals surface area contributed by atoms with E-state index in [1.165, 1.54) is 58.0 Å². The van der Waals surface area contributed by atoms with Gasteiger partial charge >= 0.3 is 0 Å². The highest BCUT2D eigenvalue weighted by Gasteiger charge is 2.20. The Labute approximate surface area is 102 Å². The molecule has 1 N–H and O–H groups in total. The molecule has 1 aliphatic carbocycles. The van der Waals surface area contributed by atoms with Crippen molar-refractivity contribution in [2.45, 2.75) is 70.9 Å². The molecule has 0 aromatic carbocycles. The van der Waals surface area contributed by atoms with E-state index in [1.807, 2.05) is 0 Å². The third-order valence-corrected chi connectivity index (χ3v) is 3.69. The van der Waals surface area contributed by atoms with Crippen molar-refractivity contribution in [1.82, 2.24) is 10.2 Å². The van der Waals surface area contributed by atoms with Crippen molar-refractivity contribution in [1.29, 1.82) is 0 Å². The summed E-state index contributed by atoms with van der Waals surface area (Å²) in [7, 11) is 2.30. The van der Waals surface area contributed by atoms with E-state index >= 15 is 0 Å². The van der Waals surface area contributed by atoms with E-state index in [9.17, 15) is 0 Å². The predicted molar refractivity (Wildman–Crippen MR) is 71.9 cm³/mol. The van der Waals surface area contributed by atoms with Gasteiger partial charge in [-0.3, -0.25) is 0 Å². The molecule has 0 atom stereocenters. The molecule has 1 saturated carbocycles. The molecule has 0 aromatic heterocycles. The van der Waals surface area contributed by atoms with Crippen LogP contribution in [0.25, 0.3) is 0 Å². The van der Waals surface area contributed by atoms with Crippen LogP contribution in [0.3, 0.4) is 0 Å². The minimum absolute atomic E-state index is 0.643. The molecular weight excluding hydrogens is 196 g/mol. The molecule has 2 nitrogen and oxygen atoms in total. The van der Waals surface area contributed by atoms with Gasteiger partial charge in [-0.15, -0.1) is 0 Å². The van der Waals surface area contributed by atoms with Crippen LogP contribution in [-0.4, -0.2) is 37.1 Å². The molecule has 2 heteroatoms. The third-order valence-electron chi connectivity index (χ3n) is 3.69. The molecule has 1 aliphatic rings. The van der Waals surface area contributed by atoms with E-state index in [1.54, 1.807) is 0 Å². The molecule has 0 saturated heterocycles. The van der Waals surface area contributed by atoms with Gasteiger partial charge in [-0.05, 0) is 45.8 Å². The normalized spacial score (nSPS) is 17.1. The smallest absolute Gasteiger partial charge is 0.00922 e. The van der Waals surface area contributed by atoms with Gasteiger partial charge in [-0.25, -0.2) is 0 Å². The molecule has 0 bridgehead atoms. The number of hydrogen-bond acceptors (Lipinski definition) is 2. The molecular formula is C14H30N2. The number of hydrogen-bond donors (Lipinski definition) is 1. The minimum Gasteiger partial charge on any atom is -0.315 e. The summed E-state index contributed by atoms with van der Waals surface area (Å²) >= 11 is 0. The summed E-state index contributed by atoms with van der Waals surface area (Å²) in [4.78, 5) is 2.57. The fourth-order valence-electron chi connectivity index (χ4n) is 2.24. The minimum atomic E-state index is 0.643. The number of nitrogens with zero attached hydrogens (tertiary/aromatic N) is 1. The van der Waals surface area contributed by atoms with Crippen LogP contribution in [0.2, 0.25) is 0 Å². The van der Waals surface area contributed by atoms with Crippen LogP contribution in [-0.2, 0) is 0 Å². The van der Waals surface area contributed by atoms with E-state index in [2.05, 4.69) is 31.1 Å². The van der Waals surface area contributed by atoms with E-state index in [4.69, 9.17) is 0 Å². The van der Waals surface area contributed by atoms with E-state index < -0.39 is 0 Å². The summed E-state index contributed by atoms with van der Waals surface area (Å²) in [5.41, 5.74) is 0. The van der Waals surface area contributed by atoms with E-state index in [-0.39, 0.29) is 0 Å². The Hall–Kier alpha value is -0.0800. The van der Waals surface area contributed by atoms with Gasteiger partial charge in [-0.2, -0.15) is 0 Å². The average molecular weight is 226 g/mol. The average Bonchev–Trinajstić information content (AvgIpc) is 2.13. The molecule has 0 aromatic rings. The first-order chi connectivity index (χ1) is 7.70. The third kappa shape index (κ3) is 5.86. The molecule has 16 heavy (non-hydrogen) atoms. The second kappa shape index (κ2) is 8.08. The summed E-state index contributed by atoms with van der Waals surface area (Å²) in [6.45, 7) is 6.93. The van der Waals surface area contributed by atoms with Gasteiger partial charge in [0.1, 0.15) is 0 Å². The molecule has 1 fully saturated rings. The maximum absolute atomic E-state index is 3.47. The van der Waals surface area contributed by atoms with Crippen molar-refractivity contribution in [2.75, 3.05) is 20.1 Å². The summed E-state index contributed by atoms with van der Waals surface area (Å²) in [5.74, 6) is 0. The van der Waals surface area contributed by atoms with Crippen molar-refractivity contribution < 1.29 is 0 Å². The van der Waals surface area contributed by atoms with Crippen LogP contribution in [0.5, 0.6) is 0 Å². The van der Waals surface area contributed by atoms with Crippen molar-refractivity contribution in [3.05, 3.63) is 0 Å². The summed E-state index contributed by atoms with van der Waals surface area (Å²) < 4.78 is 0. The standard InChI is InChI=1S/C14H30N2/c1-13(2)15-11-6-4-5-7-12-16(3)14-9-8-10-14/h13-15H,4-12H2,1-3H3. The Morgan fingerprint density at radius 1 is 1.12 bits per heavy atom. The molecule has 0 heterocycles. The molecule has 0 amide bonds. The first kappa shape index (κ1) is 14.0. The number of nitrogens with one attached hydrogen (secondary N) is 1. The molecule has 0 spiro atoms. The quantitative estimate of drug-likeness (QED) is 0.608. The lowest BCUT2D eigenvalue weighted by Gasteiger charge is -2.34. The Morgan fingerprint density at radius 2 is 1.81 bits per heavy atom. The van der Waals surface area contributed by atoms with Crippen molar-refractivity contribution in [3.63, 3.8) is 0 Å². The van der Waals surface area contributed by atoms with Crippen LogP contribution in [0.4, 0.5) is 0 Å². The van der Waals surface area contributed by atoms with Crippen LogP contribution >= 0.6 is 0 Å². The van der Waals surface area contributed by atoms with Crippen LogP contribution in [0.1, 0.15) is 58.8 Å². The lowest BCUT2D eigenvalue weighted by molar-refractivity contribution is 0.157. The van der Waals surface area contributed by atoms with Gasteiger partial charge in [0.05, 0.1) is 0 Å². The number of unbranched alkanes of at least 4 members (excludes halogenated alkanes) is 3. The Morgan fingerprint density at radius 3 is 2.38 bits per heavy atom. The highest BCUT2D eigenvalue weighted by molar-refractivity contribution is 4.77. The molecule has 0 unspecified atom stereocenters. The highest BCUT2D eigenvalue weighted by atomic mass is 15.1. The fourth-order valence-corrected chi connectivity index (χ4v) is 2.24. The first-order valence-electron chi connectivity index (χ1n) is 7.14. The summed E-state index contributed by atoms with van der Waals surface area (Å²) in [6.07, 6.45) is 9.84. The lowest BCUT2D eigenvalue weighted by atomic mass is 9.92. The van der Waals surface area contributed by atoms with Crippen LogP contribution in [0.15, 0.2) is 0 Å². The Kier molecular flexibility index (Phi) is 7.06. The molecule has 0 aliphatic heterocycles. The van der Waals surface area contributed by atoms with Gasteiger partial charge in [0.15, 0.2) is 0 Å². The van der Waals surface area contributed by atoms with Crippen molar-refractivity contribution in [3.8, 4) is 0 Å². The van der Waals surface area contributed by atoms with E-state index in [0.717, 1.165) is 6.04 Å². The predicted octanol–water partition coefficient (Wildman–Crippen LogP) is 3.03. The maximum Gasteiger partial charge on any atom is 0.00922 e. The van der Waals surface area contributed by atoms with Gasteiger partial charge in [0.2, 0.25) is 0 Å². The van der Waals surface area contributed by atoms with Crippen LogP contribution in [0, 0.1) is 0 Å². The monoisotopic (exact) mass is 226 g/mol. The van der Waals surface area contributed by atoms with Gasteiger partial charge < -0.3 is 10.2 Å². The zero-order valence-corrected chi connectivity index (χ0v) is 11.5. The Bertz CT molecular complexity index is 164. The second-order valence-corrected chi connectivity index (χ2v) is 5.59. The number of rotatable bonds is 9. The fraction of sp³-hybridized carbons (Fsp3) is 1.00. The summed E-state index contributed by atoms with van der Waals surface area (Å²) in [6, 6.07) is 1.56. The van der Waals surface area contributed by atoms with E-state index in [0.29, 0.717) is 6.04 Å². The van der Waals surface area contributed by atoms with Crippen molar-refractivity contribution in [2.24, 2.45) is 0 Å². The SMILES string of the molecule is CC(C)NCCCCCCN(C)C1CCC1. The molecule has 0 radical (unpaired) electrons. The zero-order valence-electron chi connectivity index (χ0n) is 11.5. The molecule has 1 rings (SSSR count). The topological polar surface area (TPSA) is 15.3 Å². The highest BCUT2D eigenvalue weighted by Crippen LogP contribution is 2.23. The zero-order chi connectivity index (χ0) is 11.8. The first-order valence-corrected chi connectivity index (χ1v) is 7.14. The largest absolute Gasteiger partial charge is 0.315 e. The van der Waals surface area contributed by atoms with Crippen molar-refractivity contribution >= 4 is 0 Å². The van der Waals surface area contributed by atoms with Gasteiger partial charge in [0.25, 0.3) is 0 Å². The summed E-state index contributed by atoms with van der Waals surface area (Å²) in [5, 5.41) is 3.47. The lowest BCUT2D eigenvalue weighted by Crippen LogP contribution is -2.37. The Balaban J connectivity index is 1.80. The maximum atomic E-state index is 3.47. The van der Waals surface area contributed by atoms with Gasteiger partial charge in [-0.1, -0.05) is 33.1 Å². The second-order valence-electron chi connectivity index (χ2n) is 5.59. The van der Waals surface area contributed by atoms with Gasteiger partial charge in [0, 0.05) is 12.1 Å². The van der Waals surface area contributed by atoms with Crippen LogP contribution < -0.4 is 5.32 Å².